The molecule has 0 radical (unpaired) electrons. The Bertz CT molecular complexity index is 696. The number of H-pyrrole nitrogens is 1. The second-order valence-electron chi connectivity index (χ2n) is 3.93. The highest BCUT2D eigenvalue weighted by atomic mass is 32.2. The van der Waals surface area contributed by atoms with Crippen LogP contribution in [0.2, 0.25) is 0 Å². The van der Waals surface area contributed by atoms with Gasteiger partial charge in [0.2, 0.25) is 0 Å². The molecule has 0 bridgehead atoms. The zero-order valence-corrected chi connectivity index (χ0v) is 11.1. The van der Waals surface area contributed by atoms with E-state index in [-0.39, 0.29) is 11.3 Å². The zero-order valence-electron chi connectivity index (χ0n) is 10.3. The van der Waals surface area contributed by atoms with Crippen molar-refractivity contribution in [2.75, 3.05) is 5.75 Å². The van der Waals surface area contributed by atoms with Crippen LogP contribution < -0.4 is 5.56 Å². The van der Waals surface area contributed by atoms with Crippen LogP contribution in [0.4, 0.5) is 0 Å². The number of hydrogen-bond donors (Lipinski definition) is 1. The van der Waals surface area contributed by atoms with Gasteiger partial charge in [0, 0.05) is 5.75 Å². The van der Waals surface area contributed by atoms with Crippen molar-refractivity contribution < 1.29 is 4.42 Å². The van der Waals surface area contributed by atoms with E-state index >= 15 is 0 Å². The molecule has 0 aliphatic heterocycles. The summed E-state index contributed by atoms with van der Waals surface area (Å²) in [6.45, 7) is 5.68. The van der Waals surface area contributed by atoms with E-state index in [1.165, 1.54) is 18.0 Å². The molecule has 1 N–H and O–H groups in total. The first-order valence-corrected chi connectivity index (χ1v) is 6.46. The molecule has 0 amide bonds. The fourth-order valence-corrected chi connectivity index (χ4v) is 2.11. The van der Waals surface area contributed by atoms with Crippen molar-refractivity contribution in [3.63, 3.8) is 0 Å². The molecule has 2 rings (SSSR count). The van der Waals surface area contributed by atoms with Crippen LogP contribution in [-0.4, -0.2) is 15.7 Å². The minimum absolute atomic E-state index is 0.0466. The molecule has 19 heavy (non-hydrogen) atoms. The number of nitrogens with zero attached hydrogens (tertiary/aromatic N) is 2. The Morgan fingerprint density at radius 1 is 1.68 bits per heavy atom. The fraction of sp³-hybridized carbons (Fsp3) is 0.154. The highest BCUT2D eigenvalue weighted by Gasteiger charge is 2.15. The van der Waals surface area contributed by atoms with Crippen LogP contribution in [0.1, 0.15) is 12.5 Å². The Morgan fingerprint density at radius 2 is 2.47 bits per heavy atom. The van der Waals surface area contributed by atoms with Gasteiger partial charge >= 0.3 is 0 Å². The van der Waals surface area contributed by atoms with E-state index in [0.29, 0.717) is 16.7 Å². The standard InChI is InChI=1S/C13H11N3O2S/c1-8(2)7-19-13-15-11(10-4-3-5-18-10)9(6-14)12(17)16-13/h3-5H,1,7H2,2H3,(H,15,16,17). The van der Waals surface area contributed by atoms with Gasteiger partial charge < -0.3 is 9.40 Å². The number of rotatable bonds is 4. The largest absolute Gasteiger partial charge is 0.463 e. The van der Waals surface area contributed by atoms with Crippen molar-refractivity contribution in [2.24, 2.45) is 0 Å². The first-order valence-electron chi connectivity index (χ1n) is 5.47. The van der Waals surface area contributed by atoms with Crippen molar-refractivity contribution in [1.29, 1.82) is 5.26 Å². The van der Waals surface area contributed by atoms with E-state index in [1.807, 2.05) is 13.0 Å². The zero-order chi connectivity index (χ0) is 13.8. The summed E-state index contributed by atoms with van der Waals surface area (Å²) < 4.78 is 5.20. The van der Waals surface area contributed by atoms with Gasteiger partial charge in [-0.05, 0) is 19.1 Å². The third-order valence-corrected chi connectivity index (χ3v) is 3.32. The highest BCUT2D eigenvalue weighted by Crippen LogP contribution is 2.22. The molecule has 2 heterocycles. The Morgan fingerprint density at radius 3 is 3.05 bits per heavy atom. The van der Waals surface area contributed by atoms with Crippen molar-refractivity contribution >= 4 is 11.8 Å². The van der Waals surface area contributed by atoms with Crippen molar-refractivity contribution in [1.82, 2.24) is 9.97 Å². The predicted octanol–water partition coefficient (Wildman–Crippen LogP) is 2.57. The smallest absolute Gasteiger partial charge is 0.270 e. The predicted molar refractivity (Wildman–Crippen MR) is 72.8 cm³/mol. The van der Waals surface area contributed by atoms with Crippen molar-refractivity contribution in [2.45, 2.75) is 12.1 Å². The third kappa shape index (κ3) is 2.95. The Hall–Kier alpha value is -2.26. The number of aromatic nitrogens is 2. The van der Waals surface area contributed by atoms with E-state index in [9.17, 15) is 4.79 Å². The van der Waals surface area contributed by atoms with Gasteiger partial charge in [-0.1, -0.05) is 23.9 Å². The maximum Gasteiger partial charge on any atom is 0.270 e. The number of furan rings is 1. The van der Waals surface area contributed by atoms with Gasteiger partial charge in [0.1, 0.15) is 17.3 Å². The lowest BCUT2D eigenvalue weighted by Crippen LogP contribution is -2.14. The van der Waals surface area contributed by atoms with E-state index in [1.54, 1.807) is 12.1 Å². The fourth-order valence-electron chi connectivity index (χ4n) is 1.41. The van der Waals surface area contributed by atoms with E-state index < -0.39 is 5.56 Å². The van der Waals surface area contributed by atoms with Crippen LogP contribution in [0.5, 0.6) is 0 Å². The summed E-state index contributed by atoms with van der Waals surface area (Å²) in [6.07, 6.45) is 1.47. The lowest BCUT2D eigenvalue weighted by Gasteiger charge is -2.04. The van der Waals surface area contributed by atoms with Crippen molar-refractivity contribution in [3.8, 4) is 17.5 Å². The lowest BCUT2D eigenvalue weighted by atomic mass is 10.2. The van der Waals surface area contributed by atoms with Gasteiger partial charge in [-0.3, -0.25) is 4.79 Å². The molecular formula is C13H11N3O2S. The highest BCUT2D eigenvalue weighted by molar-refractivity contribution is 7.99. The summed E-state index contributed by atoms with van der Waals surface area (Å²) in [7, 11) is 0. The quantitative estimate of drug-likeness (QED) is 0.526. The summed E-state index contributed by atoms with van der Waals surface area (Å²) in [5, 5.41) is 9.48. The van der Waals surface area contributed by atoms with Crippen LogP contribution in [0, 0.1) is 11.3 Å². The molecule has 0 atom stereocenters. The normalized spacial score (nSPS) is 10.1. The minimum atomic E-state index is -0.465. The summed E-state index contributed by atoms with van der Waals surface area (Å²) in [6, 6.07) is 5.19. The molecule has 0 aromatic carbocycles. The lowest BCUT2D eigenvalue weighted by molar-refractivity contribution is 0.578. The van der Waals surface area contributed by atoms with Gasteiger partial charge in [-0.15, -0.1) is 0 Å². The van der Waals surface area contributed by atoms with Crippen molar-refractivity contribution in [3.05, 3.63) is 46.5 Å². The topological polar surface area (TPSA) is 82.7 Å². The summed E-state index contributed by atoms with van der Waals surface area (Å²) in [5.41, 5.74) is 0.722. The van der Waals surface area contributed by atoms with E-state index in [2.05, 4.69) is 16.5 Å². The molecule has 0 unspecified atom stereocenters. The number of hydrogen-bond acceptors (Lipinski definition) is 5. The number of thioether (sulfide) groups is 1. The molecule has 5 nitrogen and oxygen atoms in total. The minimum Gasteiger partial charge on any atom is -0.463 e. The first kappa shape index (κ1) is 13.2. The van der Waals surface area contributed by atoms with Gasteiger partial charge in [0.25, 0.3) is 5.56 Å². The number of nitrogens with one attached hydrogen (secondary N) is 1. The SMILES string of the molecule is C=C(C)CSc1nc(-c2ccco2)c(C#N)c(=O)[nH]1. The monoisotopic (exact) mass is 273 g/mol. The molecule has 0 fully saturated rings. The number of aromatic amines is 1. The molecule has 0 aliphatic rings. The molecule has 2 aromatic rings. The van der Waals surface area contributed by atoms with E-state index in [0.717, 1.165) is 5.57 Å². The van der Waals surface area contributed by atoms with Gasteiger partial charge in [-0.25, -0.2) is 4.98 Å². The third-order valence-electron chi connectivity index (χ3n) is 2.22. The first-order chi connectivity index (χ1) is 9.11. The molecule has 0 saturated carbocycles. The van der Waals surface area contributed by atoms with Crippen LogP contribution in [0.15, 0.2) is 44.9 Å². The van der Waals surface area contributed by atoms with Crippen LogP contribution in [0.25, 0.3) is 11.5 Å². The Labute approximate surface area is 114 Å². The molecule has 2 aromatic heterocycles. The molecule has 96 valence electrons. The average molecular weight is 273 g/mol. The molecular weight excluding hydrogens is 262 g/mol. The van der Waals surface area contributed by atoms with Crippen LogP contribution >= 0.6 is 11.8 Å². The maximum atomic E-state index is 11.8. The van der Waals surface area contributed by atoms with Gasteiger partial charge in [0.15, 0.2) is 10.9 Å². The molecule has 0 spiro atoms. The summed E-state index contributed by atoms with van der Waals surface area (Å²) >= 11 is 1.36. The Kier molecular flexibility index (Phi) is 3.88. The van der Waals surface area contributed by atoms with Gasteiger partial charge in [-0.2, -0.15) is 5.26 Å². The van der Waals surface area contributed by atoms with Crippen LogP contribution in [-0.2, 0) is 0 Å². The molecule has 0 aliphatic carbocycles. The molecule has 0 saturated heterocycles. The molecule has 6 heteroatoms. The van der Waals surface area contributed by atoms with Gasteiger partial charge in [0.05, 0.1) is 6.26 Å². The summed E-state index contributed by atoms with van der Waals surface area (Å²) in [4.78, 5) is 18.7. The van der Waals surface area contributed by atoms with Crippen LogP contribution in [0.3, 0.4) is 0 Å². The second-order valence-corrected chi connectivity index (χ2v) is 4.89. The van der Waals surface area contributed by atoms with E-state index in [4.69, 9.17) is 9.68 Å². The number of nitriles is 1. The maximum absolute atomic E-state index is 11.8. The average Bonchev–Trinajstić information content (AvgIpc) is 2.89. The second kappa shape index (κ2) is 5.59. The summed E-state index contributed by atoms with van der Waals surface area (Å²) in [5.74, 6) is 1.05. The Balaban J connectivity index is 2.49.